The number of nitrogens with two attached hydrogens (primary N) is 1. The Kier molecular flexibility index (Phi) is 5.04. The Hall–Kier alpha value is -3.12. The molecule has 0 saturated carbocycles. The Labute approximate surface area is 152 Å². The van der Waals surface area contributed by atoms with E-state index < -0.39 is 9.84 Å². The Bertz CT molecular complexity index is 1020. The highest BCUT2D eigenvalue weighted by molar-refractivity contribution is 7.91. The third kappa shape index (κ3) is 3.92. The highest BCUT2D eigenvalue weighted by Gasteiger charge is 2.18. The van der Waals surface area contributed by atoms with Gasteiger partial charge in [0.05, 0.1) is 16.2 Å². The molecule has 0 saturated heterocycles. The minimum atomic E-state index is -3.64. The van der Waals surface area contributed by atoms with Crippen molar-refractivity contribution in [2.24, 2.45) is 0 Å². The Morgan fingerprint density at radius 2 is 1.46 bits per heavy atom. The van der Waals surface area contributed by atoms with E-state index in [1.807, 2.05) is 18.2 Å². The van der Waals surface area contributed by atoms with E-state index in [0.717, 1.165) is 0 Å². The number of nitrogen functional groups attached to an aromatic ring is 1. The van der Waals surface area contributed by atoms with Crippen LogP contribution in [0.4, 0.5) is 11.4 Å². The summed E-state index contributed by atoms with van der Waals surface area (Å²) in [6.07, 6.45) is 0.0619. The van der Waals surface area contributed by atoms with Gasteiger partial charge in [0, 0.05) is 11.4 Å². The number of carbonyl (C=O) groups is 1. The zero-order valence-corrected chi connectivity index (χ0v) is 14.7. The van der Waals surface area contributed by atoms with Crippen LogP contribution in [0.5, 0.6) is 0 Å². The van der Waals surface area contributed by atoms with Gasteiger partial charge >= 0.3 is 0 Å². The number of amides is 1. The van der Waals surface area contributed by atoms with Crippen molar-refractivity contribution in [3.63, 3.8) is 0 Å². The van der Waals surface area contributed by atoms with Crippen LogP contribution in [-0.4, -0.2) is 14.3 Å². The molecule has 0 aliphatic carbocycles. The smallest absolute Gasteiger partial charge is 0.228 e. The van der Waals surface area contributed by atoms with Gasteiger partial charge in [-0.3, -0.25) is 4.79 Å². The standard InChI is InChI=1S/C20H18N2O3S/c21-19-14-18(26(24,25)17-9-5-2-6-10-17)12-11-15(19)13-20(23)22-16-7-3-1-4-8-16/h1-12,14H,13,21H2,(H,22,23). The van der Waals surface area contributed by atoms with E-state index in [0.29, 0.717) is 11.3 Å². The minimum absolute atomic E-state index is 0.0619. The van der Waals surface area contributed by atoms with Gasteiger partial charge in [0.1, 0.15) is 0 Å². The first kappa shape index (κ1) is 17.7. The average Bonchev–Trinajstić information content (AvgIpc) is 2.65. The fraction of sp³-hybridized carbons (Fsp3) is 0.0500. The molecule has 0 aliphatic rings. The summed E-state index contributed by atoms with van der Waals surface area (Å²) in [5.74, 6) is -0.221. The third-order valence-corrected chi connectivity index (χ3v) is 5.66. The second kappa shape index (κ2) is 7.41. The molecule has 0 unspecified atom stereocenters. The monoisotopic (exact) mass is 366 g/mol. The van der Waals surface area contributed by atoms with Crippen LogP contribution in [-0.2, 0) is 21.1 Å². The fourth-order valence-electron chi connectivity index (χ4n) is 2.54. The number of benzene rings is 3. The normalized spacial score (nSPS) is 11.1. The molecule has 0 aliphatic heterocycles. The van der Waals surface area contributed by atoms with Gasteiger partial charge < -0.3 is 11.1 Å². The van der Waals surface area contributed by atoms with E-state index in [9.17, 15) is 13.2 Å². The summed E-state index contributed by atoms with van der Waals surface area (Å²) < 4.78 is 25.3. The fourth-order valence-corrected chi connectivity index (χ4v) is 3.85. The zero-order chi connectivity index (χ0) is 18.6. The number of hydrogen-bond acceptors (Lipinski definition) is 4. The highest BCUT2D eigenvalue weighted by Crippen LogP contribution is 2.24. The van der Waals surface area contributed by atoms with Crippen LogP contribution in [0.1, 0.15) is 5.56 Å². The first-order valence-corrected chi connectivity index (χ1v) is 9.48. The van der Waals surface area contributed by atoms with Gasteiger partial charge in [-0.1, -0.05) is 42.5 Å². The first-order valence-electron chi connectivity index (χ1n) is 8.00. The number of para-hydroxylation sites is 1. The van der Waals surface area contributed by atoms with Crippen LogP contribution >= 0.6 is 0 Å². The van der Waals surface area contributed by atoms with Crippen LogP contribution in [0.2, 0.25) is 0 Å². The lowest BCUT2D eigenvalue weighted by molar-refractivity contribution is -0.115. The number of hydrogen-bond donors (Lipinski definition) is 2. The Balaban J connectivity index is 1.79. The molecule has 6 heteroatoms. The zero-order valence-electron chi connectivity index (χ0n) is 13.9. The maximum atomic E-state index is 12.6. The molecule has 0 radical (unpaired) electrons. The van der Waals surface area contributed by atoms with Gasteiger partial charge in [-0.15, -0.1) is 0 Å². The van der Waals surface area contributed by atoms with Crippen molar-refractivity contribution in [3.8, 4) is 0 Å². The molecular weight excluding hydrogens is 348 g/mol. The largest absolute Gasteiger partial charge is 0.398 e. The van der Waals surface area contributed by atoms with Gasteiger partial charge in [-0.25, -0.2) is 8.42 Å². The molecule has 0 heterocycles. The number of rotatable bonds is 5. The number of anilines is 2. The van der Waals surface area contributed by atoms with E-state index in [-0.39, 0.29) is 27.8 Å². The van der Waals surface area contributed by atoms with Crippen molar-refractivity contribution in [2.75, 3.05) is 11.1 Å². The predicted octanol–water partition coefficient (Wildman–Crippen LogP) is 3.28. The third-order valence-electron chi connectivity index (χ3n) is 3.89. The van der Waals surface area contributed by atoms with Crippen molar-refractivity contribution in [3.05, 3.63) is 84.4 Å². The van der Waals surface area contributed by atoms with E-state index in [2.05, 4.69) is 5.32 Å². The van der Waals surface area contributed by atoms with Crippen molar-refractivity contribution in [2.45, 2.75) is 16.2 Å². The molecule has 3 N–H and O–H groups in total. The molecule has 0 bridgehead atoms. The van der Waals surface area contributed by atoms with Gasteiger partial charge in [0.2, 0.25) is 15.7 Å². The molecule has 1 amide bonds. The molecule has 3 aromatic carbocycles. The lowest BCUT2D eigenvalue weighted by Gasteiger charge is -2.10. The van der Waals surface area contributed by atoms with Crippen LogP contribution in [0.15, 0.2) is 88.7 Å². The summed E-state index contributed by atoms with van der Waals surface area (Å²) in [7, 11) is -3.64. The van der Waals surface area contributed by atoms with Gasteiger partial charge in [-0.2, -0.15) is 0 Å². The molecule has 3 aromatic rings. The van der Waals surface area contributed by atoms with Crippen molar-refractivity contribution >= 4 is 27.1 Å². The highest BCUT2D eigenvalue weighted by atomic mass is 32.2. The summed E-state index contributed by atoms with van der Waals surface area (Å²) in [6, 6.07) is 21.7. The van der Waals surface area contributed by atoms with Crippen molar-refractivity contribution < 1.29 is 13.2 Å². The molecule has 3 rings (SSSR count). The molecule has 5 nitrogen and oxygen atoms in total. The minimum Gasteiger partial charge on any atom is -0.398 e. The van der Waals surface area contributed by atoms with Crippen LogP contribution in [0, 0.1) is 0 Å². The number of carbonyl (C=O) groups excluding carboxylic acids is 1. The molecule has 0 aromatic heterocycles. The number of sulfone groups is 1. The maximum Gasteiger partial charge on any atom is 0.228 e. The van der Waals surface area contributed by atoms with Crippen LogP contribution in [0.3, 0.4) is 0 Å². The average molecular weight is 366 g/mol. The van der Waals surface area contributed by atoms with E-state index >= 15 is 0 Å². The molecule has 0 atom stereocenters. The molecule has 0 spiro atoms. The summed E-state index contributed by atoms with van der Waals surface area (Å²) in [6.45, 7) is 0. The van der Waals surface area contributed by atoms with Gasteiger partial charge in [-0.05, 0) is 42.0 Å². The maximum absolute atomic E-state index is 12.6. The second-order valence-electron chi connectivity index (χ2n) is 5.77. The van der Waals surface area contributed by atoms with E-state index in [1.165, 1.54) is 24.3 Å². The molecule has 26 heavy (non-hydrogen) atoms. The lowest BCUT2D eigenvalue weighted by atomic mass is 10.1. The Morgan fingerprint density at radius 1 is 0.846 bits per heavy atom. The molecule has 0 fully saturated rings. The summed E-state index contributed by atoms with van der Waals surface area (Å²) >= 11 is 0. The molecular formula is C20H18N2O3S. The van der Waals surface area contributed by atoms with Gasteiger partial charge in [0.25, 0.3) is 0 Å². The SMILES string of the molecule is Nc1cc(S(=O)(=O)c2ccccc2)ccc1CC(=O)Nc1ccccc1. The quantitative estimate of drug-likeness (QED) is 0.678. The lowest BCUT2D eigenvalue weighted by Crippen LogP contribution is -2.15. The summed E-state index contributed by atoms with van der Waals surface area (Å²) in [5, 5.41) is 2.78. The summed E-state index contributed by atoms with van der Waals surface area (Å²) in [4.78, 5) is 12.5. The van der Waals surface area contributed by atoms with E-state index in [1.54, 1.807) is 36.4 Å². The predicted molar refractivity (Wildman–Crippen MR) is 102 cm³/mol. The van der Waals surface area contributed by atoms with Gasteiger partial charge in [0.15, 0.2) is 0 Å². The second-order valence-corrected chi connectivity index (χ2v) is 7.72. The Morgan fingerprint density at radius 3 is 2.08 bits per heavy atom. The number of nitrogens with one attached hydrogen (secondary N) is 1. The van der Waals surface area contributed by atoms with Crippen LogP contribution in [0.25, 0.3) is 0 Å². The topological polar surface area (TPSA) is 89.3 Å². The molecule has 132 valence electrons. The first-order chi connectivity index (χ1) is 12.5. The van der Waals surface area contributed by atoms with Crippen molar-refractivity contribution in [1.82, 2.24) is 0 Å². The van der Waals surface area contributed by atoms with Crippen molar-refractivity contribution in [1.29, 1.82) is 0 Å². The van der Waals surface area contributed by atoms with E-state index in [4.69, 9.17) is 5.73 Å². The summed E-state index contributed by atoms with van der Waals surface area (Å²) in [5.41, 5.74) is 7.53. The van der Waals surface area contributed by atoms with Crippen LogP contribution < -0.4 is 11.1 Å².